The van der Waals surface area contributed by atoms with Crippen molar-refractivity contribution >= 4 is 33.3 Å². The molecule has 7 heteroatoms. The van der Waals surface area contributed by atoms with Crippen molar-refractivity contribution in [2.45, 2.75) is 13.0 Å². The number of fused-ring (bicyclic) bond motifs is 4. The van der Waals surface area contributed by atoms with Gasteiger partial charge in [0.25, 0.3) is 5.56 Å². The van der Waals surface area contributed by atoms with Crippen LogP contribution in [0.3, 0.4) is 0 Å². The average Bonchev–Trinajstić information content (AvgIpc) is 3.40. The fraction of sp³-hybridized carbons (Fsp3) is 0.200. The summed E-state index contributed by atoms with van der Waals surface area (Å²) in [5.74, 6) is 1.46. The third kappa shape index (κ3) is 3.09. The van der Waals surface area contributed by atoms with Gasteiger partial charge in [0.1, 0.15) is 5.75 Å². The number of aromatic amines is 2. The Balaban J connectivity index is 1.25. The first-order valence-corrected chi connectivity index (χ1v) is 10.8. The molecule has 3 aromatic heterocycles. The van der Waals surface area contributed by atoms with E-state index in [2.05, 4.69) is 44.3 Å². The predicted molar refractivity (Wildman–Crippen MR) is 126 cm³/mol. The number of nitrogens with one attached hydrogen (secondary N) is 2. The molecule has 160 valence electrons. The van der Waals surface area contributed by atoms with Crippen LogP contribution in [-0.2, 0) is 6.54 Å². The van der Waals surface area contributed by atoms with Crippen LogP contribution >= 0.6 is 0 Å². The molecule has 0 radical (unpaired) electrons. The molecule has 0 fully saturated rings. The van der Waals surface area contributed by atoms with Crippen molar-refractivity contribution in [1.82, 2.24) is 24.3 Å². The molecule has 0 aliphatic carbocycles. The van der Waals surface area contributed by atoms with E-state index < -0.39 is 0 Å². The molecule has 0 saturated heterocycles. The Kier molecular flexibility index (Phi) is 4.36. The second-order valence-corrected chi connectivity index (χ2v) is 8.22. The Hall–Kier alpha value is -3.84. The van der Waals surface area contributed by atoms with Gasteiger partial charge in [0.05, 0.1) is 18.1 Å². The summed E-state index contributed by atoms with van der Waals surface area (Å²) in [4.78, 5) is 26.4. The van der Waals surface area contributed by atoms with Gasteiger partial charge in [0.15, 0.2) is 0 Å². The molecule has 1 aliphatic heterocycles. The number of imidazole rings is 1. The van der Waals surface area contributed by atoms with Crippen LogP contribution < -0.4 is 10.3 Å². The molecule has 2 N–H and O–H groups in total. The molecule has 0 saturated carbocycles. The molecule has 2 aromatic carbocycles. The number of hydrogen-bond donors (Lipinski definition) is 2. The van der Waals surface area contributed by atoms with Gasteiger partial charge in [-0.2, -0.15) is 0 Å². The first kappa shape index (κ1) is 18.9. The minimum atomic E-state index is -0.0524. The SMILES string of the molecule is COc1ccc2[nH]cc(C3=CCN(Cc4cc(=O)n5c(nc6ccccc65)[nH]4)CC3)c2c1. The van der Waals surface area contributed by atoms with Crippen molar-refractivity contribution in [2.24, 2.45) is 0 Å². The van der Waals surface area contributed by atoms with Crippen LogP contribution in [0, 0.1) is 0 Å². The lowest BCUT2D eigenvalue weighted by atomic mass is 9.98. The lowest BCUT2D eigenvalue weighted by Crippen LogP contribution is -2.29. The molecule has 1 aliphatic rings. The first-order chi connectivity index (χ1) is 15.7. The van der Waals surface area contributed by atoms with Gasteiger partial charge in [0, 0.05) is 54.1 Å². The highest BCUT2D eigenvalue weighted by Gasteiger charge is 2.17. The van der Waals surface area contributed by atoms with Gasteiger partial charge in [-0.3, -0.25) is 9.69 Å². The summed E-state index contributed by atoms with van der Waals surface area (Å²) < 4.78 is 7.04. The van der Waals surface area contributed by atoms with E-state index in [-0.39, 0.29) is 5.56 Å². The predicted octanol–water partition coefficient (Wildman–Crippen LogP) is 3.96. The van der Waals surface area contributed by atoms with Crippen molar-refractivity contribution in [2.75, 3.05) is 20.2 Å². The average molecular weight is 425 g/mol. The molecule has 0 amide bonds. The van der Waals surface area contributed by atoms with Gasteiger partial charge in [-0.25, -0.2) is 9.38 Å². The zero-order valence-electron chi connectivity index (χ0n) is 17.8. The smallest absolute Gasteiger partial charge is 0.259 e. The van der Waals surface area contributed by atoms with Gasteiger partial charge in [0.2, 0.25) is 5.78 Å². The lowest BCUT2D eigenvalue weighted by Gasteiger charge is -2.26. The lowest BCUT2D eigenvalue weighted by molar-refractivity contribution is 0.290. The van der Waals surface area contributed by atoms with Crippen molar-refractivity contribution in [3.8, 4) is 5.75 Å². The van der Waals surface area contributed by atoms with Crippen LogP contribution in [0.4, 0.5) is 0 Å². The van der Waals surface area contributed by atoms with E-state index in [1.54, 1.807) is 17.6 Å². The normalized spacial score (nSPS) is 15.0. The molecule has 4 heterocycles. The van der Waals surface area contributed by atoms with Crippen LogP contribution in [-0.4, -0.2) is 44.5 Å². The van der Waals surface area contributed by atoms with E-state index in [1.807, 2.05) is 30.3 Å². The zero-order chi connectivity index (χ0) is 21.7. The van der Waals surface area contributed by atoms with Gasteiger partial charge < -0.3 is 14.7 Å². The summed E-state index contributed by atoms with van der Waals surface area (Å²) in [7, 11) is 1.69. The minimum absolute atomic E-state index is 0.0524. The van der Waals surface area contributed by atoms with Crippen LogP contribution in [0.1, 0.15) is 17.7 Å². The monoisotopic (exact) mass is 425 g/mol. The summed E-state index contributed by atoms with van der Waals surface area (Å²) in [5.41, 5.74) is 6.16. The number of nitrogens with zero attached hydrogens (tertiary/aromatic N) is 3. The highest BCUT2D eigenvalue weighted by atomic mass is 16.5. The third-order valence-corrected chi connectivity index (χ3v) is 6.27. The van der Waals surface area contributed by atoms with E-state index >= 15 is 0 Å². The summed E-state index contributed by atoms with van der Waals surface area (Å²) in [5, 5.41) is 1.19. The Bertz CT molecular complexity index is 1560. The molecule has 0 atom stereocenters. The maximum Gasteiger partial charge on any atom is 0.259 e. The maximum atomic E-state index is 12.8. The van der Waals surface area contributed by atoms with Crippen molar-refractivity contribution in [3.05, 3.63) is 82.4 Å². The van der Waals surface area contributed by atoms with Gasteiger partial charge in [-0.05, 0) is 42.3 Å². The molecule has 0 unspecified atom stereocenters. The molecule has 7 nitrogen and oxygen atoms in total. The number of benzene rings is 2. The van der Waals surface area contributed by atoms with Crippen molar-refractivity contribution < 1.29 is 4.74 Å². The Morgan fingerprint density at radius 3 is 2.91 bits per heavy atom. The number of para-hydroxylation sites is 2. The second kappa shape index (κ2) is 7.39. The number of aromatic nitrogens is 4. The van der Waals surface area contributed by atoms with Crippen molar-refractivity contribution in [1.29, 1.82) is 0 Å². The maximum absolute atomic E-state index is 12.8. The fourth-order valence-electron chi connectivity index (χ4n) is 4.64. The number of ether oxygens (including phenoxy) is 1. The van der Waals surface area contributed by atoms with E-state index in [0.717, 1.165) is 47.5 Å². The number of hydrogen-bond acceptors (Lipinski definition) is 4. The second-order valence-electron chi connectivity index (χ2n) is 8.22. The molecule has 5 aromatic rings. The molecule has 0 bridgehead atoms. The molecular formula is C25H23N5O2. The summed E-state index contributed by atoms with van der Waals surface area (Å²) >= 11 is 0. The Labute approximate surface area is 184 Å². The number of methoxy groups -OCH3 is 1. The van der Waals surface area contributed by atoms with Crippen LogP contribution in [0.5, 0.6) is 5.75 Å². The standard InChI is InChI=1S/C25H23N5O2/c1-32-18-6-7-21-19(13-18)20(14-26-21)16-8-10-29(11-9-16)15-17-12-24(31)30-23-5-3-2-4-22(23)28-25(30)27-17/h2-8,12-14,26H,9-11,15H2,1H3,(H,27,28). The molecule has 0 spiro atoms. The van der Waals surface area contributed by atoms with E-state index in [1.165, 1.54) is 16.5 Å². The first-order valence-electron chi connectivity index (χ1n) is 10.8. The molecular weight excluding hydrogens is 402 g/mol. The minimum Gasteiger partial charge on any atom is -0.497 e. The quantitative estimate of drug-likeness (QED) is 0.457. The highest BCUT2D eigenvalue weighted by Crippen LogP contribution is 2.31. The van der Waals surface area contributed by atoms with E-state index in [9.17, 15) is 4.79 Å². The van der Waals surface area contributed by atoms with Crippen LogP contribution in [0.25, 0.3) is 33.3 Å². The summed E-state index contributed by atoms with van der Waals surface area (Å²) in [6, 6.07) is 15.5. The van der Waals surface area contributed by atoms with Gasteiger partial charge in [-0.15, -0.1) is 0 Å². The van der Waals surface area contributed by atoms with E-state index in [4.69, 9.17) is 4.74 Å². The summed E-state index contributed by atoms with van der Waals surface area (Å²) in [6.07, 6.45) is 5.32. The largest absolute Gasteiger partial charge is 0.497 e. The fourth-order valence-corrected chi connectivity index (χ4v) is 4.64. The topological polar surface area (TPSA) is 78.4 Å². The van der Waals surface area contributed by atoms with Crippen LogP contribution in [0.2, 0.25) is 0 Å². The van der Waals surface area contributed by atoms with Crippen molar-refractivity contribution in [3.63, 3.8) is 0 Å². The van der Waals surface area contributed by atoms with E-state index in [0.29, 0.717) is 12.3 Å². The third-order valence-electron chi connectivity index (χ3n) is 6.27. The highest BCUT2D eigenvalue weighted by molar-refractivity contribution is 5.93. The van der Waals surface area contributed by atoms with Gasteiger partial charge >= 0.3 is 0 Å². The Morgan fingerprint density at radius 2 is 2.06 bits per heavy atom. The Morgan fingerprint density at radius 1 is 1.16 bits per heavy atom. The number of H-pyrrole nitrogens is 2. The molecule has 6 rings (SSSR count). The summed E-state index contributed by atoms with van der Waals surface area (Å²) in [6.45, 7) is 2.43. The number of rotatable bonds is 4. The van der Waals surface area contributed by atoms with Gasteiger partial charge in [-0.1, -0.05) is 18.2 Å². The zero-order valence-corrected chi connectivity index (χ0v) is 17.8. The molecule has 32 heavy (non-hydrogen) atoms. The van der Waals surface area contributed by atoms with Crippen LogP contribution in [0.15, 0.2) is 65.6 Å².